The van der Waals surface area contributed by atoms with Crippen LogP contribution in [-0.2, 0) is 19.1 Å². The van der Waals surface area contributed by atoms with E-state index in [-0.39, 0.29) is 12.8 Å². The third-order valence-corrected chi connectivity index (χ3v) is 1.97. The van der Waals surface area contributed by atoms with Crippen LogP contribution in [0.3, 0.4) is 0 Å². The first-order chi connectivity index (χ1) is 6.65. The molecular formula is C8H11NO5. The summed E-state index contributed by atoms with van der Waals surface area (Å²) >= 11 is 0. The fraction of sp³-hybridized carbons (Fsp3) is 0.625. The molecule has 0 aromatic rings. The lowest BCUT2D eigenvalue weighted by atomic mass is 10.3. The largest absolute Gasteiger partial charge is 0.479 e. The van der Waals surface area contributed by atoms with Gasteiger partial charge in [0, 0.05) is 13.2 Å². The van der Waals surface area contributed by atoms with Gasteiger partial charge in [-0.1, -0.05) is 0 Å². The molecule has 1 atom stereocenters. The van der Waals surface area contributed by atoms with E-state index in [9.17, 15) is 14.4 Å². The van der Waals surface area contributed by atoms with Crippen molar-refractivity contribution in [2.45, 2.75) is 12.5 Å². The SMILES string of the molecule is O=CC(=O)N1CCCOC(C(=O)O)C1. The van der Waals surface area contributed by atoms with Crippen molar-refractivity contribution in [2.24, 2.45) is 0 Å². The molecule has 1 aliphatic heterocycles. The number of carboxylic acid groups (broad SMARTS) is 1. The molecule has 6 nitrogen and oxygen atoms in total. The van der Waals surface area contributed by atoms with Crippen molar-refractivity contribution in [3.63, 3.8) is 0 Å². The molecule has 1 unspecified atom stereocenters. The van der Waals surface area contributed by atoms with Gasteiger partial charge in [0.25, 0.3) is 5.91 Å². The lowest BCUT2D eigenvalue weighted by Crippen LogP contribution is -2.40. The molecule has 1 rings (SSSR count). The van der Waals surface area contributed by atoms with E-state index in [1.807, 2.05) is 0 Å². The summed E-state index contributed by atoms with van der Waals surface area (Å²) in [6.45, 7) is 0.591. The number of aldehydes is 1. The number of rotatable bonds is 2. The standard InChI is InChI=1S/C8H11NO5/c10-5-7(11)9-2-1-3-14-6(4-9)8(12)13/h5-6H,1-4H2,(H,12,13). The number of ether oxygens (including phenoxy) is 1. The van der Waals surface area contributed by atoms with Crippen molar-refractivity contribution in [2.75, 3.05) is 19.7 Å². The van der Waals surface area contributed by atoms with Crippen LogP contribution >= 0.6 is 0 Å². The molecule has 0 radical (unpaired) electrons. The van der Waals surface area contributed by atoms with Crippen molar-refractivity contribution in [3.05, 3.63) is 0 Å². The van der Waals surface area contributed by atoms with Crippen LogP contribution in [-0.4, -0.2) is 54.0 Å². The Labute approximate surface area is 80.4 Å². The Morgan fingerprint density at radius 2 is 2.21 bits per heavy atom. The summed E-state index contributed by atoms with van der Waals surface area (Å²) in [6, 6.07) is 0. The second-order valence-corrected chi connectivity index (χ2v) is 2.95. The molecular weight excluding hydrogens is 190 g/mol. The molecule has 1 saturated heterocycles. The molecule has 0 aromatic carbocycles. The van der Waals surface area contributed by atoms with Gasteiger partial charge < -0.3 is 14.7 Å². The maximum Gasteiger partial charge on any atom is 0.334 e. The monoisotopic (exact) mass is 201 g/mol. The molecule has 78 valence electrons. The number of amides is 1. The van der Waals surface area contributed by atoms with Gasteiger partial charge in [0.2, 0.25) is 6.29 Å². The topological polar surface area (TPSA) is 83.9 Å². The number of carbonyl (C=O) groups is 3. The molecule has 1 fully saturated rings. The second kappa shape index (κ2) is 4.71. The average molecular weight is 201 g/mol. The smallest absolute Gasteiger partial charge is 0.334 e. The van der Waals surface area contributed by atoms with Crippen molar-refractivity contribution >= 4 is 18.2 Å². The zero-order chi connectivity index (χ0) is 10.6. The van der Waals surface area contributed by atoms with Gasteiger partial charge in [0.1, 0.15) is 0 Å². The first-order valence-electron chi connectivity index (χ1n) is 4.23. The second-order valence-electron chi connectivity index (χ2n) is 2.95. The Hall–Kier alpha value is -1.43. The summed E-state index contributed by atoms with van der Waals surface area (Å²) in [5.41, 5.74) is 0. The molecule has 1 N–H and O–H groups in total. The molecule has 0 saturated carbocycles. The number of aliphatic carboxylic acids is 1. The van der Waals surface area contributed by atoms with Gasteiger partial charge in [0.15, 0.2) is 6.10 Å². The molecule has 0 aliphatic carbocycles. The van der Waals surface area contributed by atoms with Crippen LogP contribution in [0, 0.1) is 0 Å². The molecule has 0 spiro atoms. The van der Waals surface area contributed by atoms with Crippen molar-refractivity contribution in [1.82, 2.24) is 4.90 Å². The Bertz CT molecular complexity index is 252. The minimum absolute atomic E-state index is 0.0626. The van der Waals surface area contributed by atoms with E-state index < -0.39 is 18.0 Å². The lowest BCUT2D eigenvalue weighted by Gasteiger charge is -2.19. The van der Waals surface area contributed by atoms with Crippen LogP contribution in [0.2, 0.25) is 0 Å². The van der Waals surface area contributed by atoms with Gasteiger partial charge in [-0.25, -0.2) is 4.79 Å². The average Bonchev–Trinajstić information content (AvgIpc) is 2.41. The zero-order valence-corrected chi connectivity index (χ0v) is 7.51. The van der Waals surface area contributed by atoms with E-state index in [2.05, 4.69) is 0 Å². The lowest BCUT2D eigenvalue weighted by molar-refractivity contribution is -0.151. The van der Waals surface area contributed by atoms with E-state index in [1.54, 1.807) is 0 Å². The first-order valence-corrected chi connectivity index (χ1v) is 4.23. The summed E-state index contributed by atoms with van der Waals surface area (Å²) in [5.74, 6) is -1.81. The summed E-state index contributed by atoms with van der Waals surface area (Å²) in [4.78, 5) is 33.0. The van der Waals surface area contributed by atoms with Crippen molar-refractivity contribution < 1.29 is 24.2 Å². The van der Waals surface area contributed by atoms with Crippen LogP contribution < -0.4 is 0 Å². The van der Waals surface area contributed by atoms with Crippen LogP contribution in [0.4, 0.5) is 0 Å². The third-order valence-electron chi connectivity index (χ3n) is 1.97. The third kappa shape index (κ3) is 2.53. The normalized spacial score (nSPS) is 22.6. The van der Waals surface area contributed by atoms with E-state index in [0.717, 1.165) is 0 Å². The number of hydrogen-bond acceptors (Lipinski definition) is 4. The maximum absolute atomic E-state index is 11.0. The number of carbonyl (C=O) groups excluding carboxylic acids is 2. The Morgan fingerprint density at radius 3 is 2.79 bits per heavy atom. The van der Waals surface area contributed by atoms with Crippen LogP contribution in [0.25, 0.3) is 0 Å². The molecule has 14 heavy (non-hydrogen) atoms. The van der Waals surface area contributed by atoms with Crippen molar-refractivity contribution in [3.8, 4) is 0 Å². The minimum Gasteiger partial charge on any atom is -0.479 e. The first kappa shape index (κ1) is 10.6. The highest BCUT2D eigenvalue weighted by Gasteiger charge is 2.26. The number of hydrogen-bond donors (Lipinski definition) is 1. The predicted octanol–water partition coefficient (Wildman–Crippen LogP) is -1.11. The molecule has 1 aliphatic rings. The molecule has 1 amide bonds. The van der Waals surface area contributed by atoms with E-state index in [1.165, 1.54) is 4.90 Å². The van der Waals surface area contributed by atoms with Gasteiger partial charge in [-0.2, -0.15) is 0 Å². The van der Waals surface area contributed by atoms with E-state index >= 15 is 0 Å². The fourth-order valence-corrected chi connectivity index (χ4v) is 1.25. The zero-order valence-electron chi connectivity index (χ0n) is 7.51. The Morgan fingerprint density at radius 1 is 1.50 bits per heavy atom. The van der Waals surface area contributed by atoms with Gasteiger partial charge >= 0.3 is 5.97 Å². The van der Waals surface area contributed by atoms with E-state index in [0.29, 0.717) is 19.6 Å². The summed E-state index contributed by atoms with van der Waals surface area (Å²) in [5, 5.41) is 8.68. The molecule has 1 heterocycles. The van der Waals surface area contributed by atoms with Crippen LogP contribution in [0.15, 0.2) is 0 Å². The van der Waals surface area contributed by atoms with Gasteiger partial charge in [-0.15, -0.1) is 0 Å². The highest BCUT2D eigenvalue weighted by atomic mass is 16.5. The molecule has 6 heteroatoms. The fourth-order valence-electron chi connectivity index (χ4n) is 1.25. The van der Waals surface area contributed by atoms with Crippen molar-refractivity contribution in [1.29, 1.82) is 0 Å². The van der Waals surface area contributed by atoms with E-state index in [4.69, 9.17) is 9.84 Å². The molecule has 0 bridgehead atoms. The predicted molar refractivity (Wildman–Crippen MR) is 44.6 cm³/mol. The van der Waals surface area contributed by atoms with Crippen LogP contribution in [0.1, 0.15) is 6.42 Å². The number of carboxylic acids is 1. The Kier molecular flexibility index (Phi) is 3.58. The van der Waals surface area contributed by atoms with Gasteiger partial charge in [-0.05, 0) is 6.42 Å². The van der Waals surface area contributed by atoms with Gasteiger partial charge in [0.05, 0.1) is 6.54 Å². The molecule has 0 aromatic heterocycles. The summed E-state index contributed by atoms with van der Waals surface area (Å²) in [7, 11) is 0. The maximum atomic E-state index is 11.0. The quantitative estimate of drug-likeness (QED) is 0.452. The highest BCUT2D eigenvalue weighted by Crippen LogP contribution is 2.05. The summed E-state index contributed by atoms with van der Waals surface area (Å²) < 4.78 is 4.98. The Balaban J connectivity index is 2.64. The van der Waals surface area contributed by atoms with Gasteiger partial charge in [-0.3, -0.25) is 9.59 Å². The highest BCUT2D eigenvalue weighted by molar-refractivity contribution is 6.23. The number of nitrogens with zero attached hydrogens (tertiary/aromatic N) is 1. The minimum atomic E-state index is -1.12. The summed E-state index contributed by atoms with van der Waals surface area (Å²) in [6.07, 6.45) is -0.297. The van der Waals surface area contributed by atoms with Crippen LogP contribution in [0.5, 0.6) is 0 Å².